The molecular weight excluding hydrogens is 421 g/mol. The molecule has 5 N–H and O–H groups in total. The minimum absolute atomic E-state index is 0.163. The van der Waals surface area contributed by atoms with Gasteiger partial charge in [-0.1, -0.05) is 6.07 Å². The number of imidazole rings is 1. The topological polar surface area (TPSA) is 112 Å². The number of rotatable bonds is 7. The lowest BCUT2D eigenvalue weighted by molar-refractivity contribution is 0.101. The highest BCUT2D eigenvalue weighted by Gasteiger charge is 2.24. The van der Waals surface area contributed by atoms with E-state index in [2.05, 4.69) is 25.6 Å². The van der Waals surface area contributed by atoms with Crippen molar-refractivity contribution in [2.45, 2.75) is 31.7 Å². The van der Waals surface area contributed by atoms with Gasteiger partial charge in [-0.2, -0.15) is 0 Å². The van der Waals surface area contributed by atoms with Crippen molar-refractivity contribution in [3.63, 3.8) is 0 Å². The third-order valence-corrected chi connectivity index (χ3v) is 6.29. The Kier molecular flexibility index (Phi) is 5.95. The number of nitrogens with two attached hydrogens (primary N) is 1. The largest absolute Gasteiger partial charge is 0.367 e. The molecule has 8 nitrogen and oxygen atoms in total. The lowest BCUT2D eigenvalue weighted by atomic mass is 9.96. The van der Waals surface area contributed by atoms with E-state index in [1.165, 1.54) is 6.07 Å². The lowest BCUT2D eigenvalue weighted by Crippen LogP contribution is -2.37. The highest BCUT2D eigenvalue weighted by molar-refractivity contribution is 6.04. The van der Waals surface area contributed by atoms with E-state index in [1.54, 1.807) is 24.5 Å². The van der Waals surface area contributed by atoms with Crippen LogP contribution in [0.15, 0.2) is 42.7 Å². The predicted molar refractivity (Wildman–Crippen MR) is 127 cm³/mol. The van der Waals surface area contributed by atoms with Gasteiger partial charge in [-0.05, 0) is 62.4 Å². The third kappa shape index (κ3) is 4.83. The van der Waals surface area contributed by atoms with Crippen LogP contribution < -0.4 is 21.3 Å². The number of amides is 1. The second kappa shape index (κ2) is 9.19. The number of anilines is 3. The van der Waals surface area contributed by atoms with Crippen LogP contribution in [-0.2, 0) is 0 Å². The predicted octanol–water partition coefficient (Wildman–Crippen LogP) is 3.61. The molecule has 0 atom stereocenters. The number of aromatic amines is 1. The van der Waals surface area contributed by atoms with E-state index in [9.17, 15) is 9.18 Å². The van der Waals surface area contributed by atoms with E-state index < -0.39 is 5.91 Å². The second-order valence-electron chi connectivity index (χ2n) is 8.75. The molecule has 0 radical (unpaired) electrons. The van der Waals surface area contributed by atoms with Crippen LogP contribution in [-0.4, -0.2) is 46.5 Å². The molecule has 1 aliphatic heterocycles. The van der Waals surface area contributed by atoms with E-state index >= 15 is 0 Å². The molecule has 1 amide bonds. The molecule has 3 aromatic rings. The first kappa shape index (κ1) is 21.4. The van der Waals surface area contributed by atoms with Crippen LogP contribution >= 0.6 is 0 Å². The Morgan fingerprint density at radius 3 is 2.76 bits per heavy atom. The summed E-state index contributed by atoms with van der Waals surface area (Å²) < 4.78 is 14.8. The van der Waals surface area contributed by atoms with Crippen LogP contribution in [0.4, 0.5) is 21.6 Å². The molecule has 172 valence electrons. The SMILES string of the molecule is NCC1CCN(c2c(F)cccc2NC(=O)c2ncc(-c3ccnc(NC4CC4)c3)[nH]2)CC1. The maximum absolute atomic E-state index is 14.8. The number of piperidine rings is 1. The molecule has 0 spiro atoms. The summed E-state index contributed by atoms with van der Waals surface area (Å²) in [7, 11) is 0. The highest BCUT2D eigenvalue weighted by Crippen LogP contribution is 2.33. The zero-order valence-corrected chi connectivity index (χ0v) is 18.4. The Balaban J connectivity index is 1.32. The summed E-state index contributed by atoms with van der Waals surface area (Å²) in [6, 6.07) is 9.03. The van der Waals surface area contributed by atoms with E-state index in [-0.39, 0.29) is 11.6 Å². The number of halogens is 1. The monoisotopic (exact) mass is 449 g/mol. The maximum atomic E-state index is 14.8. The number of carbonyl (C=O) groups is 1. The van der Waals surface area contributed by atoms with Crippen LogP contribution in [0.3, 0.4) is 0 Å². The molecule has 1 saturated heterocycles. The number of carbonyl (C=O) groups excluding carboxylic acids is 1. The second-order valence-corrected chi connectivity index (χ2v) is 8.75. The molecule has 0 bridgehead atoms. The molecule has 5 rings (SSSR count). The number of pyridine rings is 1. The van der Waals surface area contributed by atoms with Gasteiger partial charge in [0.1, 0.15) is 11.6 Å². The number of H-pyrrole nitrogens is 1. The molecule has 0 unspecified atom stereocenters. The quantitative estimate of drug-likeness (QED) is 0.438. The molecule has 3 heterocycles. The van der Waals surface area contributed by atoms with Gasteiger partial charge in [0.2, 0.25) is 0 Å². The van der Waals surface area contributed by atoms with Crippen molar-refractivity contribution in [1.29, 1.82) is 0 Å². The van der Waals surface area contributed by atoms with Crippen LogP contribution in [0, 0.1) is 11.7 Å². The van der Waals surface area contributed by atoms with Crippen molar-refractivity contribution in [1.82, 2.24) is 15.0 Å². The Hall–Kier alpha value is -3.46. The zero-order chi connectivity index (χ0) is 22.8. The van der Waals surface area contributed by atoms with Crippen molar-refractivity contribution in [3.05, 3.63) is 54.4 Å². The Morgan fingerprint density at radius 1 is 1.18 bits per heavy atom. The van der Waals surface area contributed by atoms with Gasteiger partial charge in [-0.15, -0.1) is 0 Å². The number of nitrogens with zero attached hydrogens (tertiary/aromatic N) is 3. The summed E-state index contributed by atoms with van der Waals surface area (Å²) in [5.74, 6) is 0.650. The van der Waals surface area contributed by atoms with Gasteiger partial charge in [-0.25, -0.2) is 14.4 Å². The first-order valence-corrected chi connectivity index (χ1v) is 11.4. The molecule has 1 aromatic carbocycles. The molecular formula is C24H28FN7O. The van der Waals surface area contributed by atoms with Crippen LogP contribution in [0.25, 0.3) is 11.3 Å². The summed E-state index contributed by atoms with van der Waals surface area (Å²) in [6.07, 6.45) is 7.48. The minimum atomic E-state index is -0.421. The molecule has 2 aromatic heterocycles. The number of para-hydroxylation sites is 1. The van der Waals surface area contributed by atoms with Gasteiger partial charge in [-0.3, -0.25) is 4.79 Å². The van der Waals surface area contributed by atoms with Gasteiger partial charge >= 0.3 is 0 Å². The number of hydrogen-bond donors (Lipinski definition) is 4. The van der Waals surface area contributed by atoms with Crippen molar-refractivity contribution >= 4 is 23.1 Å². The summed E-state index contributed by atoms with van der Waals surface area (Å²) in [5, 5.41) is 6.20. The van der Waals surface area contributed by atoms with Crippen LogP contribution in [0.1, 0.15) is 36.3 Å². The maximum Gasteiger partial charge on any atom is 0.291 e. The molecule has 2 fully saturated rings. The van der Waals surface area contributed by atoms with E-state index in [0.717, 1.165) is 37.1 Å². The Labute approximate surface area is 191 Å². The molecule has 2 aliphatic rings. The van der Waals surface area contributed by atoms with Crippen LogP contribution in [0.5, 0.6) is 0 Å². The molecule has 9 heteroatoms. The molecule has 1 saturated carbocycles. The lowest BCUT2D eigenvalue weighted by Gasteiger charge is -2.34. The van der Waals surface area contributed by atoms with Gasteiger partial charge in [0.25, 0.3) is 5.91 Å². The number of nitrogens with one attached hydrogen (secondary N) is 3. The van der Waals surface area contributed by atoms with Crippen molar-refractivity contribution in [2.24, 2.45) is 11.7 Å². The van der Waals surface area contributed by atoms with Crippen molar-refractivity contribution in [3.8, 4) is 11.3 Å². The van der Waals surface area contributed by atoms with E-state index in [1.807, 2.05) is 17.0 Å². The van der Waals surface area contributed by atoms with E-state index in [4.69, 9.17) is 5.73 Å². The fourth-order valence-corrected chi connectivity index (χ4v) is 4.21. The van der Waals surface area contributed by atoms with E-state index in [0.29, 0.717) is 48.7 Å². The number of benzene rings is 1. The minimum Gasteiger partial charge on any atom is -0.367 e. The first-order valence-electron chi connectivity index (χ1n) is 11.4. The smallest absolute Gasteiger partial charge is 0.291 e. The average molecular weight is 450 g/mol. The van der Waals surface area contributed by atoms with Gasteiger partial charge in [0.05, 0.1) is 23.3 Å². The Bertz CT molecular complexity index is 1140. The standard InChI is InChI=1S/C24H28FN7O/c25-18-2-1-3-19(22(18)32-10-7-15(13-26)8-11-32)31-24(33)23-28-14-20(30-23)16-6-9-27-21(12-16)29-17-4-5-17/h1-3,6,9,12,14-15,17H,4-5,7-8,10-11,13,26H2,(H,27,29)(H,28,30)(H,31,33). The van der Waals surface area contributed by atoms with Gasteiger partial charge < -0.3 is 26.3 Å². The van der Waals surface area contributed by atoms with Gasteiger partial charge in [0.15, 0.2) is 5.82 Å². The summed E-state index contributed by atoms with van der Waals surface area (Å²) >= 11 is 0. The fourth-order valence-electron chi connectivity index (χ4n) is 4.21. The fraction of sp³-hybridized carbons (Fsp3) is 0.375. The van der Waals surface area contributed by atoms with Gasteiger partial charge in [0, 0.05) is 30.9 Å². The zero-order valence-electron chi connectivity index (χ0n) is 18.4. The first-order chi connectivity index (χ1) is 16.1. The summed E-state index contributed by atoms with van der Waals surface area (Å²) in [5.41, 5.74) is 8.23. The van der Waals surface area contributed by atoms with Crippen molar-refractivity contribution in [2.75, 3.05) is 35.2 Å². The normalized spacial score (nSPS) is 16.6. The average Bonchev–Trinajstić information content (AvgIpc) is 3.50. The summed E-state index contributed by atoms with van der Waals surface area (Å²) in [6.45, 7) is 2.05. The number of hydrogen-bond acceptors (Lipinski definition) is 6. The summed E-state index contributed by atoms with van der Waals surface area (Å²) in [4.78, 5) is 26.6. The Morgan fingerprint density at radius 2 is 2.00 bits per heavy atom. The highest BCUT2D eigenvalue weighted by atomic mass is 19.1. The molecule has 33 heavy (non-hydrogen) atoms. The molecule has 1 aliphatic carbocycles. The van der Waals surface area contributed by atoms with Crippen LogP contribution in [0.2, 0.25) is 0 Å². The van der Waals surface area contributed by atoms with Crippen molar-refractivity contribution < 1.29 is 9.18 Å². The third-order valence-electron chi connectivity index (χ3n) is 6.29. The number of aromatic nitrogens is 3.